The van der Waals surface area contributed by atoms with Gasteiger partial charge in [0.2, 0.25) is 5.91 Å². The van der Waals surface area contributed by atoms with Gasteiger partial charge in [0.05, 0.1) is 0 Å². The van der Waals surface area contributed by atoms with Crippen LogP contribution in [0, 0.1) is 0 Å². The fourth-order valence-electron chi connectivity index (χ4n) is 1.40. The summed E-state index contributed by atoms with van der Waals surface area (Å²) < 4.78 is 0. The van der Waals surface area contributed by atoms with E-state index in [0.717, 1.165) is 12.1 Å². The van der Waals surface area contributed by atoms with Gasteiger partial charge in [-0.15, -0.1) is 11.6 Å². The lowest BCUT2D eigenvalue weighted by molar-refractivity contribution is -0.116. The molecule has 0 atom stereocenters. The van der Waals surface area contributed by atoms with Crippen LogP contribution in [0.5, 0.6) is 0 Å². The zero-order chi connectivity index (χ0) is 12.0. The smallest absolute Gasteiger partial charge is 0.224 e. The Bertz CT molecular complexity index is 332. The van der Waals surface area contributed by atoms with Crippen molar-refractivity contribution in [3.63, 3.8) is 0 Å². The van der Waals surface area contributed by atoms with E-state index in [1.54, 1.807) is 0 Å². The van der Waals surface area contributed by atoms with Crippen LogP contribution in [-0.2, 0) is 4.79 Å². The van der Waals surface area contributed by atoms with Crippen LogP contribution in [0.2, 0.25) is 0 Å². The van der Waals surface area contributed by atoms with Gasteiger partial charge in [0.1, 0.15) is 0 Å². The molecule has 1 amide bonds. The molecule has 88 valence electrons. The van der Waals surface area contributed by atoms with Gasteiger partial charge >= 0.3 is 0 Å². The molecule has 0 saturated heterocycles. The van der Waals surface area contributed by atoms with Crippen LogP contribution in [0.1, 0.15) is 38.2 Å². The Balaban J connectivity index is 2.51. The lowest BCUT2D eigenvalue weighted by atomic mass is 10.0. The number of alkyl halides is 1. The molecule has 1 rings (SSSR count). The highest BCUT2D eigenvalue weighted by Gasteiger charge is 2.02. The Morgan fingerprint density at radius 2 is 1.94 bits per heavy atom. The lowest BCUT2D eigenvalue weighted by Crippen LogP contribution is -2.11. The molecule has 0 aliphatic carbocycles. The highest BCUT2D eigenvalue weighted by atomic mass is 35.5. The molecule has 1 aromatic rings. The van der Waals surface area contributed by atoms with Crippen molar-refractivity contribution >= 4 is 23.2 Å². The standard InChI is InChI=1S/C13H18ClNO/c1-10(2)11-5-7-12(8-6-11)15-13(16)4-3-9-14/h5-8,10H,3-4,9H2,1-2H3,(H,15,16). The minimum absolute atomic E-state index is 0.0259. The summed E-state index contributed by atoms with van der Waals surface area (Å²) in [4.78, 5) is 11.4. The topological polar surface area (TPSA) is 29.1 Å². The number of carbonyl (C=O) groups is 1. The first-order valence-corrected chi connectivity index (χ1v) is 6.12. The van der Waals surface area contributed by atoms with Crippen LogP contribution in [-0.4, -0.2) is 11.8 Å². The average Bonchev–Trinajstić information content (AvgIpc) is 2.27. The van der Waals surface area contributed by atoms with E-state index in [9.17, 15) is 4.79 Å². The summed E-state index contributed by atoms with van der Waals surface area (Å²) in [6.45, 7) is 4.29. The van der Waals surface area contributed by atoms with E-state index in [-0.39, 0.29) is 5.91 Å². The van der Waals surface area contributed by atoms with E-state index in [4.69, 9.17) is 11.6 Å². The summed E-state index contributed by atoms with van der Waals surface area (Å²) >= 11 is 5.52. The summed E-state index contributed by atoms with van der Waals surface area (Å²) in [5.41, 5.74) is 2.13. The number of hydrogen-bond donors (Lipinski definition) is 1. The second-order valence-corrected chi connectivity index (χ2v) is 4.50. The van der Waals surface area contributed by atoms with E-state index < -0.39 is 0 Å². The Morgan fingerprint density at radius 1 is 1.31 bits per heavy atom. The van der Waals surface area contributed by atoms with Crippen LogP contribution < -0.4 is 5.32 Å². The molecule has 0 saturated carbocycles. The predicted octanol–water partition coefficient (Wildman–Crippen LogP) is 3.77. The van der Waals surface area contributed by atoms with Gasteiger partial charge in [-0.3, -0.25) is 4.79 Å². The van der Waals surface area contributed by atoms with Gasteiger partial charge in [0.25, 0.3) is 0 Å². The largest absolute Gasteiger partial charge is 0.326 e. The van der Waals surface area contributed by atoms with Crippen molar-refractivity contribution in [2.24, 2.45) is 0 Å². The Kier molecular flexibility index (Phi) is 5.33. The van der Waals surface area contributed by atoms with Gasteiger partial charge in [-0.2, -0.15) is 0 Å². The molecule has 16 heavy (non-hydrogen) atoms. The van der Waals surface area contributed by atoms with Gasteiger partial charge in [-0.05, 0) is 30.0 Å². The highest BCUT2D eigenvalue weighted by molar-refractivity contribution is 6.18. The monoisotopic (exact) mass is 239 g/mol. The third kappa shape index (κ3) is 4.23. The number of hydrogen-bond acceptors (Lipinski definition) is 1. The van der Waals surface area contributed by atoms with E-state index in [1.807, 2.05) is 24.3 Å². The summed E-state index contributed by atoms with van der Waals surface area (Å²) in [6, 6.07) is 7.96. The molecule has 0 unspecified atom stereocenters. The van der Waals surface area contributed by atoms with Crippen LogP contribution in [0.25, 0.3) is 0 Å². The molecule has 0 spiro atoms. The molecular formula is C13H18ClNO. The number of anilines is 1. The highest BCUT2D eigenvalue weighted by Crippen LogP contribution is 2.17. The summed E-state index contributed by atoms with van der Waals surface area (Å²) in [5.74, 6) is 1.07. The first kappa shape index (κ1) is 13.0. The van der Waals surface area contributed by atoms with E-state index in [2.05, 4.69) is 19.2 Å². The number of carbonyl (C=O) groups excluding carboxylic acids is 1. The lowest BCUT2D eigenvalue weighted by Gasteiger charge is -2.08. The van der Waals surface area contributed by atoms with Crippen LogP contribution in [0.4, 0.5) is 5.69 Å². The minimum Gasteiger partial charge on any atom is -0.326 e. The normalized spacial score (nSPS) is 10.5. The van der Waals surface area contributed by atoms with Crippen molar-refractivity contribution in [3.05, 3.63) is 29.8 Å². The van der Waals surface area contributed by atoms with Gasteiger partial charge in [0, 0.05) is 18.0 Å². The Hall–Kier alpha value is -1.02. The molecule has 1 aromatic carbocycles. The molecular weight excluding hydrogens is 222 g/mol. The SMILES string of the molecule is CC(C)c1ccc(NC(=O)CCCCl)cc1. The second kappa shape index (κ2) is 6.54. The van der Waals surface area contributed by atoms with Crippen molar-refractivity contribution in [1.29, 1.82) is 0 Å². The summed E-state index contributed by atoms with van der Waals surface area (Å²) in [6.07, 6.45) is 1.20. The molecule has 2 nitrogen and oxygen atoms in total. The van der Waals surface area contributed by atoms with Crippen molar-refractivity contribution in [3.8, 4) is 0 Å². The fourth-order valence-corrected chi connectivity index (χ4v) is 1.54. The van der Waals surface area contributed by atoms with Crippen molar-refractivity contribution in [1.82, 2.24) is 0 Å². The maximum atomic E-state index is 11.4. The number of nitrogens with one attached hydrogen (secondary N) is 1. The van der Waals surface area contributed by atoms with Gasteiger partial charge in [-0.25, -0.2) is 0 Å². The second-order valence-electron chi connectivity index (χ2n) is 4.12. The summed E-state index contributed by atoms with van der Waals surface area (Å²) in [5, 5.41) is 2.85. The molecule has 0 aliphatic heterocycles. The van der Waals surface area contributed by atoms with Crippen molar-refractivity contribution < 1.29 is 4.79 Å². The third-order valence-corrected chi connectivity index (χ3v) is 2.67. The average molecular weight is 240 g/mol. The first-order chi connectivity index (χ1) is 7.63. The van der Waals surface area contributed by atoms with Crippen LogP contribution in [0.15, 0.2) is 24.3 Å². The van der Waals surface area contributed by atoms with Gasteiger partial charge in [-0.1, -0.05) is 26.0 Å². The minimum atomic E-state index is 0.0259. The number of halogens is 1. The fraction of sp³-hybridized carbons (Fsp3) is 0.462. The molecule has 3 heteroatoms. The Labute approximate surface area is 102 Å². The van der Waals surface area contributed by atoms with Crippen LogP contribution in [0.3, 0.4) is 0 Å². The van der Waals surface area contributed by atoms with Crippen molar-refractivity contribution in [2.45, 2.75) is 32.6 Å². The molecule has 0 bridgehead atoms. The quantitative estimate of drug-likeness (QED) is 0.779. The molecule has 0 heterocycles. The molecule has 0 aliphatic rings. The third-order valence-electron chi connectivity index (χ3n) is 2.40. The van der Waals surface area contributed by atoms with E-state index in [0.29, 0.717) is 18.2 Å². The maximum Gasteiger partial charge on any atom is 0.224 e. The molecule has 1 N–H and O–H groups in total. The van der Waals surface area contributed by atoms with E-state index >= 15 is 0 Å². The van der Waals surface area contributed by atoms with Gasteiger partial charge in [0.15, 0.2) is 0 Å². The number of amides is 1. The molecule has 0 radical (unpaired) electrons. The molecule has 0 fully saturated rings. The zero-order valence-electron chi connectivity index (χ0n) is 9.79. The number of benzene rings is 1. The first-order valence-electron chi connectivity index (χ1n) is 5.59. The van der Waals surface area contributed by atoms with Crippen molar-refractivity contribution in [2.75, 3.05) is 11.2 Å². The molecule has 0 aromatic heterocycles. The predicted molar refractivity (Wildman–Crippen MR) is 69.1 cm³/mol. The van der Waals surface area contributed by atoms with Gasteiger partial charge < -0.3 is 5.32 Å². The zero-order valence-corrected chi connectivity index (χ0v) is 10.6. The van der Waals surface area contributed by atoms with Crippen LogP contribution >= 0.6 is 11.6 Å². The Morgan fingerprint density at radius 3 is 2.44 bits per heavy atom. The van der Waals surface area contributed by atoms with E-state index in [1.165, 1.54) is 5.56 Å². The maximum absolute atomic E-state index is 11.4. The summed E-state index contributed by atoms with van der Waals surface area (Å²) in [7, 11) is 0. The number of rotatable bonds is 5.